The first-order chi connectivity index (χ1) is 9.74. The SMILES string of the molecule is CC(C)(C)OC(=O)N[C@H]1CSc2cc(F)ccc2NC1=O. The number of rotatable bonds is 1. The fraction of sp³-hybridized carbons (Fsp3) is 0.429. The van der Waals surface area contributed by atoms with Crippen molar-refractivity contribution in [3.63, 3.8) is 0 Å². The Morgan fingerprint density at radius 1 is 1.48 bits per heavy atom. The van der Waals surface area contributed by atoms with Crippen LogP contribution in [0.15, 0.2) is 23.1 Å². The van der Waals surface area contributed by atoms with Crippen molar-refractivity contribution in [2.24, 2.45) is 0 Å². The third-order valence-electron chi connectivity index (χ3n) is 2.61. The lowest BCUT2D eigenvalue weighted by Gasteiger charge is -2.22. The lowest BCUT2D eigenvalue weighted by atomic mass is 10.2. The highest BCUT2D eigenvalue weighted by atomic mass is 32.2. The van der Waals surface area contributed by atoms with E-state index in [2.05, 4.69) is 10.6 Å². The van der Waals surface area contributed by atoms with Crippen molar-refractivity contribution in [3.8, 4) is 0 Å². The number of carbonyl (C=O) groups excluding carboxylic acids is 2. The molecule has 2 N–H and O–H groups in total. The molecule has 0 spiro atoms. The Morgan fingerprint density at radius 3 is 2.86 bits per heavy atom. The minimum atomic E-state index is -0.736. The number of halogens is 1. The van der Waals surface area contributed by atoms with Crippen molar-refractivity contribution in [2.75, 3.05) is 11.1 Å². The molecule has 0 aromatic heterocycles. The highest BCUT2D eigenvalue weighted by Gasteiger charge is 2.27. The number of fused-ring (bicyclic) bond motifs is 1. The molecule has 114 valence electrons. The van der Waals surface area contributed by atoms with E-state index in [1.165, 1.54) is 30.0 Å². The van der Waals surface area contributed by atoms with E-state index in [0.717, 1.165) is 0 Å². The zero-order valence-corrected chi connectivity index (χ0v) is 12.8. The summed E-state index contributed by atoms with van der Waals surface area (Å²) in [5, 5.41) is 5.20. The topological polar surface area (TPSA) is 67.4 Å². The van der Waals surface area contributed by atoms with E-state index in [0.29, 0.717) is 16.3 Å². The minimum absolute atomic E-state index is 0.307. The van der Waals surface area contributed by atoms with Gasteiger partial charge in [0.05, 0.1) is 5.69 Å². The first-order valence-electron chi connectivity index (χ1n) is 6.47. The van der Waals surface area contributed by atoms with Crippen LogP contribution in [0.2, 0.25) is 0 Å². The van der Waals surface area contributed by atoms with Gasteiger partial charge in [0.2, 0.25) is 5.91 Å². The predicted molar refractivity (Wildman–Crippen MR) is 78.9 cm³/mol. The molecule has 0 fully saturated rings. The summed E-state index contributed by atoms with van der Waals surface area (Å²) in [7, 11) is 0. The third-order valence-corrected chi connectivity index (χ3v) is 3.76. The molecule has 1 aromatic rings. The summed E-state index contributed by atoms with van der Waals surface area (Å²) in [6.45, 7) is 5.23. The zero-order chi connectivity index (χ0) is 15.6. The van der Waals surface area contributed by atoms with Crippen LogP contribution in [0.4, 0.5) is 14.9 Å². The number of ether oxygens (including phenoxy) is 1. The minimum Gasteiger partial charge on any atom is -0.444 e. The Hall–Kier alpha value is -1.76. The summed E-state index contributed by atoms with van der Waals surface area (Å²) in [4.78, 5) is 24.4. The molecule has 5 nitrogen and oxygen atoms in total. The van der Waals surface area contributed by atoms with Crippen LogP contribution in [0.3, 0.4) is 0 Å². The van der Waals surface area contributed by atoms with Crippen LogP contribution < -0.4 is 10.6 Å². The maximum absolute atomic E-state index is 13.2. The summed E-state index contributed by atoms with van der Waals surface area (Å²) < 4.78 is 18.3. The molecule has 1 aliphatic rings. The maximum atomic E-state index is 13.2. The van der Waals surface area contributed by atoms with E-state index in [1.807, 2.05) is 0 Å². The second kappa shape index (κ2) is 5.93. The average molecular weight is 312 g/mol. The van der Waals surface area contributed by atoms with Gasteiger partial charge in [0.25, 0.3) is 0 Å². The molecule has 1 aliphatic heterocycles. The highest BCUT2D eigenvalue weighted by molar-refractivity contribution is 7.99. The first kappa shape index (κ1) is 15.6. The van der Waals surface area contributed by atoms with Crippen LogP contribution in [-0.2, 0) is 9.53 Å². The van der Waals surface area contributed by atoms with Crippen molar-refractivity contribution in [3.05, 3.63) is 24.0 Å². The molecule has 0 saturated heterocycles. The number of carbonyl (C=O) groups is 2. The molecule has 2 amide bonds. The van der Waals surface area contributed by atoms with E-state index in [-0.39, 0.29) is 11.7 Å². The summed E-state index contributed by atoms with van der Waals surface area (Å²) in [5.74, 6) is -0.408. The first-order valence-corrected chi connectivity index (χ1v) is 7.46. The van der Waals surface area contributed by atoms with Gasteiger partial charge in [-0.05, 0) is 39.0 Å². The van der Waals surface area contributed by atoms with Crippen LogP contribution in [-0.4, -0.2) is 29.4 Å². The molecule has 0 aliphatic carbocycles. The van der Waals surface area contributed by atoms with Crippen LogP contribution >= 0.6 is 11.8 Å². The van der Waals surface area contributed by atoms with Crippen molar-refractivity contribution in [2.45, 2.75) is 37.3 Å². The van der Waals surface area contributed by atoms with Gasteiger partial charge in [-0.3, -0.25) is 4.79 Å². The fourth-order valence-corrected chi connectivity index (χ4v) is 2.80. The van der Waals surface area contributed by atoms with E-state index >= 15 is 0 Å². The molecule has 2 rings (SSSR count). The molecule has 1 atom stereocenters. The number of amides is 2. The monoisotopic (exact) mass is 312 g/mol. The molecule has 0 unspecified atom stereocenters. The van der Waals surface area contributed by atoms with Crippen LogP contribution in [0.1, 0.15) is 20.8 Å². The smallest absolute Gasteiger partial charge is 0.408 e. The average Bonchev–Trinajstić information content (AvgIpc) is 2.48. The van der Waals surface area contributed by atoms with Crippen molar-refractivity contribution in [1.82, 2.24) is 5.32 Å². The van der Waals surface area contributed by atoms with Gasteiger partial charge in [-0.2, -0.15) is 0 Å². The number of alkyl carbamates (subject to hydrolysis) is 1. The van der Waals surface area contributed by atoms with Gasteiger partial charge >= 0.3 is 6.09 Å². The zero-order valence-electron chi connectivity index (χ0n) is 12.0. The Balaban J connectivity index is 2.05. The van der Waals surface area contributed by atoms with Gasteiger partial charge in [-0.1, -0.05) is 0 Å². The Kier molecular flexibility index (Phi) is 4.41. The van der Waals surface area contributed by atoms with Gasteiger partial charge in [0, 0.05) is 10.6 Å². The van der Waals surface area contributed by atoms with Gasteiger partial charge in [-0.15, -0.1) is 11.8 Å². The summed E-state index contributed by atoms with van der Waals surface area (Å²) in [6.07, 6.45) is -0.652. The summed E-state index contributed by atoms with van der Waals surface area (Å²) in [5.41, 5.74) is -0.0928. The molecule has 0 saturated carbocycles. The Bertz CT molecular complexity index is 572. The van der Waals surface area contributed by atoms with Gasteiger partial charge in [-0.25, -0.2) is 9.18 Å². The Labute approximate surface area is 126 Å². The number of benzene rings is 1. The predicted octanol–water partition coefficient (Wildman–Crippen LogP) is 2.76. The van der Waals surface area contributed by atoms with Crippen molar-refractivity contribution in [1.29, 1.82) is 0 Å². The van der Waals surface area contributed by atoms with E-state index in [9.17, 15) is 14.0 Å². The molecule has 0 bridgehead atoms. The number of anilines is 1. The van der Waals surface area contributed by atoms with Crippen LogP contribution in [0.25, 0.3) is 0 Å². The third kappa shape index (κ3) is 4.35. The van der Waals surface area contributed by atoms with Gasteiger partial charge < -0.3 is 15.4 Å². The molecule has 1 heterocycles. The molecular formula is C14H17FN2O3S. The molecule has 1 aromatic carbocycles. The van der Waals surface area contributed by atoms with Gasteiger partial charge in [0.15, 0.2) is 0 Å². The highest BCUT2D eigenvalue weighted by Crippen LogP contribution is 2.31. The standard InChI is InChI=1S/C14H17FN2O3S/c1-14(2,3)20-13(19)17-10-7-21-11-6-8(15)4-5-9(11)16-12(10)18/h4-6,10H,7H2,1-3H3,(H,16,18)(H,17,19)/t10-/m0/s1. The number of hydrogen-bond donors (Lipinski definition) is 2. The largest absolute Gasteiger partial charge is 0.444 e. The molecule has 21 heavy (non-hydrogen) atoms. The summed E-state index contributed by atoms with van der Waals surface area (Å²) >= 11 is 1.30. The number of thioether (sulfide) groups is 1. The maximum Gasteiger partial charge on any atom is 0.408 e. The lowest BCUT2D eigenvalue weighted by Crippen LogP contribution is -2.46. The Morgan fingerprint density at radius 2 is 2.19 bits per heavy atom. The van der Waals surface area contributed by atoms with Crippen LogP contribution in [0, 0.1) is 5.82 Å². The fourth-order valence-electron chi connectivity index (χ4n) is 1.74. The van der Waals surface area contributed by atoms with Gasteiger partial charge in [0.1, 0.15) is 17.5 Å². The number of hydrogen-bond acceptors (Lipinski definition) is 4. The molecule has 0 radical (unpaired) electrons. The molecule has 7 heteroatoms. The summed E-state index contributed by atoms with van der Waals surface area (Å²) in [6, 6.07) is 3.41. The van der Waals surface area contributed by atoms with Crippen molar-refractivity contribution < 1.29 is 18.7 Å². The molecular weight excluding hydrogens is 295 g/mol. The van der Waals surface area contributed by atoms with E-state index < -0.39 is 17.7 Å². The quantitative estimate of drug-likeness (QED) is 0.837. The van der Waals surface area contributed by atoms with E-state index in [1.54, 1.807) is 20.8 Å². The second-order valence-electron chi connectivity index (χ2n) is 5.64. The number of nitrogens with one attached hydrogen (secondary N) is 2. The van der Waals surface area contributed by atoms with E-state index in [4.69, 9.17) is 4.74 Å². The van der Waals surface area contributed by atoms with Crippen molar-refractivity contribution >= 4 is 29.4 Å². The second-order valence-corrected chi connectivity index (χ2v) is 6.70. The normalized spacial score (nSPS) is 18.3. The van der Waals surface area contributed by atoms with Crippen LogP contribution in [0.5, 0.6) is 0 Å². The lowest BCUT2D eigenvalue weighted by molar-refractivity contribution is -0.117.